The minimum absolute atomic E-state index is 0.0750. The molecule has 0 aliphatic rings. The monoisotopic (exact) mass is 370 g/mol. The molecule has 0 amide bonds. The van der Waals surface area contributed by atoms with Gasteiger partial charge in [-0.15, -0.1) is 0 Å². The van der Waals surface area contributed by atoms with Crippen LogP contribution in [0.4, 0.5) is 4.39 Å². The number of hydrogen-bond donors (Lipinski definition) is 1. The van der Waals surface area contributed by atoms with Crippen molar-refractivity contribution in [2.75, 3.05) is 0 Å². The SMILES string of the molecule is Cc1ccc(-n2c(=S)[nH]c3cc(Cl)c(F)cc32)cc1Br. The summed E-state index contributed by atoms with van der Waals surface area (Å²) in [5.74, 6) is -0.465. The molecule has 1 heterocycles. The van der Waals surface area contributed by atoms with Gasteiger partial charge in [0.25, 0.3) is 0 Å². The summed E-state index contributed by atoms with van der Waals surface area (Å²) in [5.41, 5.74) is 3.35. The zero-order valence-electron chi connectivity index (χ0n) is 10.4. The minimum Gasteiger partial charge on any atom is -0.330 e. The predicted molar refractivity (Wildman–Crippen MR) is 85.9 cm³/mol. The molecule has 1 aromatic heterocycles. The first-order valence-corrected chi connectivity index (χ1v) is 7.41. The second-order valence-electron chi connectivity index (χ2n) is 4.48. The summed E-state index contributed by atoms with van der Waals surface area (Å²) in [5, 5.41) is 0.0750. The fourth-order valence-electron chi connectivity index (χ4n) is 2.08. The second-order valence-corrected chi connectivity index (χ2v) is 6.13. The van der Waals surface area contributed by atoms with Gasteiger partial charge in [-0.2, -0.15) is 0 Å². The van der Waals surface area contributed by atoms with Crippen LogP contribution in [0.3, 0.4) is 0 Å². The number of benzene rings is 2. The standard InChI is InChI=1S/C14H9BrClFN2S/c1-7-2-3-8(4-9(7)15)19-13-6-11(17)10(16)5-12(13)18-14(19)20/h2-6H,1H3,(H,18,20). The highest BCUT2D eigenvalue weighted by molar-refractivity contribution is 9.10. The third-order valence-electron chi connectivity index (χ3n) is 3.14. The van der Waals surface area contributed by atoms with Gasteiger partial charge in [0, 0.05) is 16.2 Å². The number of nitrogens with zero attached hydrogens (tertiary/aromatic N) is 1. The van der Waals surface area contributed by atoms with Crippen molar-refractivity contribution in [3.63, 3.8) is 0 Å². The van der Waals surface area contributed by atoms with E-state index in [1.54, 1.807) is 10.6 Å². The van der Waals surface area contributed by atoms with Gasteiger partial charge in [0.1, 0.15) is 5.82 Å². The summed E-state index contributed by atoms with van der Waals surface area (Å²) in [6.45, 7) is 2.00. The van der Waals surface area contributed by atoms with Gasteiger partial charge in [0.05, 0.1) is 16.1 Å². The summed E-state index contributed by atoms with van der Waals surface area (Å²) in [7, 11) is 0. The zero-order valence-corrected chi connectivity index (χ0v) is 13.5. The first-order valence-electron chi connectivity index (χ1n) is 5.83. The van der Waals surface area contributed by atoms with Crippen molar-refractivity contribution < 1.29 is 4.39 Å². The van der Waals surface area contributed by atoms with Crippen LogP contribution in [0.2, 0.25) is 5.02 Å². The number of hydrogen-bond acceptors (Lipinski definition) is 1. The maximum Gasteiger partial charge on any atom is 0.182 e. The lowest BCUT2D eigenvalue weighted by Crippen LogP contribution is -1.95. The molecule has 0 atom stereocenters. The molecule has 0 aliphatic heterocycles. The number of aromatic amines is 1. The highest BCUT2D eigenvalue weighted by Crippen LogP contribution is 2.27. The van der Waals surface area contributed by atoms with E-state index in [-0.39, 0.29) is 5.02 Å². The largest absolute Gasteiger partial charge is 0.330 e. The van der Waals surface area contributed by atoms with Gasteiger partial charge in [0.2, 0.25) is 0 Å². The third kappa shape index (κ3) is 2.20. The van der Waals surface area contributed by atoms with Crippen molar-refractivity contribution in [3.05, 3.63) is 56.0 Å². The van der Waals surface area contributed by atoms with Gasteiger partial charge in [-0.05, 0) is 42.9 Å². The molecule has 0 spiro atoms. The van der Waals surface area contributed by atoms with Crippen molar-refractivity contribution in [2.24, 2.45) is 0 Å². The van der Waals surface area contributed by atoms with Crippen molar-refractivity contribution in [3.8, 4) is 5.69 Å². The molecule has 0 radical (unpaired) electrons. The van der Waals surface area contributed by atoms with E-state index < -0.39 is 5.82 Å². The lowest BCUT2D eigenvalue weighted by Gasteiger charge is -2.07. The Hall–Kier alpha value is -1.17. The summed E-state index contributed by atoms with van der Waals surface area (Å²) >= 11 is 14.6. The summed E-state index contributed by atoms with van der Waals surface area (Å²) in [6.07, 6.45) is 0. The Morgan fingerprint density at radius 3 is 2.75 bits per heavy atom. The zero-order chi connectivity index (χ0) is 14.4. The first kappa shape index (κ1) is 13.8. The summed E-state index contributed by atoms with van der Waals surface area (Å²) in [6, 6.07) is 8.80. The Labute approximate surface area is 133 Å². The van der Waals surface area contributed by atoms with Crippen LogP contribution >= 0.6 is 39.7 Å². The normalized spacial score (nSPS) is 11.2. The van der Waals surface area contributed by atoms with E-state index in [1.165, 1.54) is 6.07 Å². The van der Waals surface area contributed by atoms with E-state index in [9.17, 15) is 4.39 Å². The fourth-order valence-corrected chi connectivity index (χ4v) is 2.92. The molecule has 0 bridgehead atoms. The molecule has 0 fully saturated rings. The molecule has 20 heavy (non-hydrogen) atoms. The van der Waals surface area contributed by atoms with Crippen LogP contribution in [-0.2, 0) is 0 Å². The van der Waals surface area contributed by atoms with Crippen LogP contribution in [0.1, 0.15) is 5.56 Å². The number of rotatable bonds is 1. The molecule has 3 rings (SSSR count). The lowest BCUT2D eigenvalue weighted by molar-refractivity contribution is 0.629. The van der Waals surface area contributed by atoms with Gasteiger partial charge in [0.15, 0.2) is 4.77 Å². The maximum absolute atomic E-state index is 13.7. The van der Waals surface area contributed by atoms with Gasteiger partial charge in [-0.25, -0.2) is 4.39 Å². The third-order valence-corrected chi connectivity index (χ3v) is 4.57. The molecular formula is C14H9BrClFN2S. The van der Waals surface area contributed by atoms with Crippen LogP contribution in [0.15, 0.2) is 34.8 Å². The van der Waals surface area contributed by atoms with Gasteiger partial charge < -0.3 is 4.98 Å². The Morgan fingerprint density at radius 2 is 2.05 bits per heavy atom. The van der Waals surface area contributed by atoms with E-state index in [2.05, 4.69) is 20.9 Å². The maximum atomic E-state index is 13.7. The van der Waals surface area contributed by atoms with E-state index in [1.807, 2.05) is 25.1 Å². The second kappa shape index (κ2) is 4.98. The molecule has 3 aromatic rings. The van der Waals surface area contributed by atoms with Crippen LogP contribution in [0.5, 0.6) is 0 Å². The quantitative estimate of drug-likeness (QED) is 0.556. The Bertz CT molecular complexity index is 885. The van der Waals surface area contributed by atoms with Crippen molar-refractivity contribution in [1.82, 2.24) is 9.55 Å². The van der Waals surface area contributed by atoms with Crippen molar-refractivity contribution in [2.45, 2.75) is 6.92 Å². The van der Waals surface area contributed by atoms with E-state index >= 15 is 0 Å². The van der Waals surface area contributed by atoms with Crippen molar-refractivity contribution in [1.29, 1.82) is 0 Å². The van der Waals surface area contributed by atoms with Gasteiger partial charge >= 0.3 is 0 Å². The molecule has 2 aromatic carbocycles. The first-order chi connectivity index (χ1) is 9.47. The number of nitrogens with one attached hydrogen (secondary N) is 1. The number of aromatic nitrogens is 2. The van der Waals surface area contributed by atoms with E-state index in [0.29, 0.717) is 15.8 Å². The lowest BCUT2D eigenvalue weighted by atomic mass is 10.2. The highest BCUT2D eigenvalue weighted by atomic mass is 79.9. The van der Waals surface area contributed by atoms with Crippen LogP contribution in [0.25, 0.3) is 16.7 Å². The van der Waals surface area contributed by atoms with Gasteiger partial charge in [-0.1, -0.05) is 33.6 Å². The summed E-state index contributed by atoms with van der Waals surface area (Å²) < 4.78 is 17.0. The average molecular weight is 372 g/mol. The highest BCUT2D eigenvalue weighted by Gasteiger charge is 2.11. The summed E-state index contributed by atoms with van der Waals surface area (Å²) in [4.78, 5) is 3.04. The smallest absolute Gasteiger partial charge is 0.182 e. The van der Waals surface area contributed by atoms with Crippen LogP contribution < -0.4 is 0 Å². The van der Waals surface area contributed by atoms with E-state index in [4.69, 9.17) is 23.8 Å². The number of fused-ring (bicyclic) bond motifs is 1. The molecule has 0 unspecified atom stereocenters. The molecule has 0 aliphatic carbocycles. The Balaban J connectivity index is 2.35. The molecular weight excluding hydrogens is 363 g/mol. The average Bonchev–Trinajstić information content (AvgIpc) is 2.69. The molecule has 6 heteroatoms. The predicted octanol–water partition coefficient (Wildman–Crippen LogP) is 5.55. The number of aryl methyl sites for hydroxylation is 1. The van der Waals surface area contributed by atoms with Crippen molar-refractivity contribution >= 4 is 50.8 Å². The Kier molecular flexibility index (Phi) is 3.44. The van der Waals surface area contributed by atoms with Gasteiger partial charge in [-0.3, -0.25) is 4.57 Å². The topological polar surface area (TPSA) is 20.7 Å². The van der Waals surface area contributed by atoms with Crippen LogP contribution in [-0.4, -0.2) is 9.55 Å². The minimum atomic E-state index is -0.465. The molecule has 1 N–H and O–H groups in total. The Morgan fingerprint density at radius 1 is 1.30 bits per heavy atom. The number of H-pyrrole nitrogens is 1. The van der Waals surface area contributed by atoms with E-state index in [0.717, 1.165) is 15.7 Å². The molecule has 0 saturated carbocycles. The molecule has 102 valence electrons. The number of imidazole rings is 1. The van der Waals surface area contributed by atoms with Crippen LogP contribution in [0, 0.1) is 17.5 Å². The number of halogens is 3. The molecule has 0 saturated heterocycles. The fraction of sp³-hybridized carbons (Fsp3) is 0.0714. The molecule has 2 nitrogen and oxygen atoms in total.